The molecule has 0 aliphatic carbocycles. The van der Waals surface area contributed by atoms with Crippen LogP contribution >= 0.6 is 11.8 Å². The van der Waals surface area contributed by atoms with Gasteiger partial charge in [0.25, 0.3) is 0 Å². The second-order valence-corrected chi connectivity index (χ2v) is 3.25. The van der Waals surface area contributed by atoms with Crippen LogP contribution in [0.4, 0.5) is 0 Å². The van der Waals surface area contributed by atoms with Crippen molar-refractivity contribution in [3.05, 3.63) is 36.4 Å². The van der Waals surface area contributed by atoms with Crippen molar-refractivity contribution in [3.63, 3.8) is 0 Å². The summed E-state index contributed by atoms with van der Waals surface area (Å²) in [5.74, 6) is 0. The molecule has 0 saturated carbocycles. The molecule has 0 aromatic heterocycles. The number of benzene rings is 1. The van der Waals surface area contributed by atoms with Crippen LogP contribution in [0.2, 0.25) is 0 Å². The molecule has 0 N–H and O–H groups in total. The molecule has 0 atom stereocenters. The Morgan fingerprint density at radius 3 is 2.42 bits per heavy atom. The van der Waals surface area contributed by atoms with E-state index in [2.05, 4.69) is 6.58 Å². The highest BCUT2D eigenvalue weighted by atomic mass is 32.2. The molecule has 1 aromatic rings. The van der Waals surface area contributed by atoms with E-state index in [4.69, 9.17) is 0 Å². The van der Waals surface area contributed by atoms with Gasteiger partial charge in [-0.3, -0.25) is 4.79 Å². The summed E-state index contributed by atoms with van der Waals surface area (Å²) < 4.78 is 0. The molecule has 0 bridgehead atoms. The van der Waals surface area contributed by atoms with Crippen LogP contribution in [0.3, 0.4) is 0 Å². The summed E-state index contributed by atoms with van der Waals surface area (Å²) in [4.78, 5) is 11.5. The van der Waals surface area contributed by atoms with E-state index in [0.29, 0.717) is 5.57 Å². The molecule has 0 amide bonds. The van der Waals surface area contributed by atoms with Crippen LogP contribution in [-0.2, 0) is 4.79 Å². The topological polar surface area (TPSA) is 17.1 Å². The molecule has 0 aliphatic heterocycles. The summed E-state index contributed by atoms with van der Waals surface area (Å²) in [5, 5.41) is 0. The predicted molar refractivity (Wildman–Crippen MR) is 53.3 cm³/mol. The molecule has 0 spiro atoms. The third kappa shape index (κ3) is 1.98. The summed E-state index contributed by atoms with van der Waals surface area (Å²) in [7, 11) is 0. The largest absolute Gasteiger partial charge is 0.298 e. The highest BCUT2D eigenvalue weighted by molar-refractivity contribution is 7.98. The Labute approximate surface area is 76.5 Å². The lowest BCUT2D eigenvalue weighted by Crippen LogP contribution is -1.82. The van der Waals surface area contributed by atoms with Crippen molar-refractivity contribution in [3.8, 4) is 0 Å². The summed E-state index contributed by atoms with van der Waals surface area (Å²) in [6.07, 6.45) is 2.79. The second-order valence-electron chi connectivity index (χ2n) is 2.37. The van der Waals surface area contributed by atoms with Crippen molar-refractivity contribution in [2.24, 2.45) is 0 Å². The Hall–Kier alpha value is -1.02. The SMILES string of the molecule is C=C(C=O)c1ccc(SC)cc1. The molecular weight excluding hydrogens is 168 g/mol. The van der Waals surface area contributed by atoms with Gasteiger partial charge < -0.3 is 0 Å². The van der Waals surface area contributed by atoms with Gasteiger partial charge in [0, 0.05) is 10.5 Å². The monoisotopic (exact) mass is 178 g/mol. The number of thioether (sulfide) groups is 1. The van der Waals surface area contributed by atoms with E-state index >= 15 is 0 Å². The van der Waals surface area contributed by atoms with Gasteiger partial charge in [-0.05, 0) is 24.0 Å². The van der Waals surface area contributed by atoms with Crippen molar-refractivity contribution in [2.45, 2.75) is 4.90 Å². The molecular formula is C10H10OS. The third-order valence-corrected chi connectivity index (χ3v) is 2.35. The van der Waals surface area contributed by atoms with Gasteiger partial charge in [-0.1, -0.05) is 18.7 Å². The minimum absolute atomic E-state index is 0.530. The molecule has 0 heterocycles. The van der Waals surface area contributed by atoms with Crippen LogP contribution in [0.1, 0.15) is 5.56 Å². The van der Waals surface area contributed by atoms with Gasteiger partial charge in [0.05, 0.1) is 0 Å². The Kier molecular flexibility index (Phi) is 3.11. The minimum Gasteiger partial charge on any atom is -0.298 e. The fraction of sp³-hybridized carbons (Fsp3) is 0.100. The molecule has 0 saturated heterocycles. The molecule has 0 fully saturated rings. The maximum atomic E-state index is 10.4. The van der Waals surface area contributed by atoms with E-state index in [1.54, 1.807) is 11.8 Å². The van der Waals surface area contributed by atoms with Crippen LogP contribution in [0.25, 0.3) is 5.57 Å². The van der Waals surface area contributed by atoms with Crippen molar-refractivity contribution in [2.75, 3.05) is 6.26 Å². The van der Waals surface area contributed by atoms with Gasteiger partial charge >= 0.3 is 0 Å². The number of hydrogen-bond donors (Lipinski definition) is 0. The van der Waals surface area contributed by atoms with Crippen molar-refractivity contribution in [1.29, 1.82) is 0 Å². The van der Waals surface area contributed by atoms with Crippen LogP contribution < -0.4 is 0 Å². The van der Waals surface area contributed by atoms with Crippen LogP contribution in [0.15, 0.2) is 35.7 Å². The molecule has 1 nitrogen and oxygen atoms in total. The van der Waals surface area contributed by atoms with Crippen LogP contribution in [0, 0.1) is 0 Å². The average Bonchev–Trinajstić information content (AvgIpc) is 2.17. The predicted octanol–water partition coefficient (Wildman–Crippen LogP) is 2.62. The third-order valence-electron chi connectivity index (χ3n) is 1.60. The number of carbonyl (C=O) groups excluding carboxylic acids is 1. The first-order valence-electron chi connectivity index (χ1n) is 3.56. The quantitative estimate of drug-likeness (QED) is 0.402. The first-order valence-corrected chi connectivity index (χ1v) is 4.79. The lowest BCUT2D eigenvalue weighted by molar-refractivity contribution is -0.103. The lowest BCUT2D eigenvalue weighted by Gasteiger charge is -1.99. The van der Waals surface area contributed by atoms with Gasteiger partial charge in [0.2, 0.25) is 0 Å². The van der Waals surface area contributed by atoms with E-state index in [1.165, 1.54) is 4.90 Å². The number of carbonyl (C=O) groups is 1. The first-order chi connectivity index (χ1) is 5.77. The molecule has 0 radical (unpaired) electrons. The minimum atomic E-state index is 0.530. The maximum absolute atomic E-state index is 10.4. The Bertz CT molecular complexity index is 287. The molecule has 0 aliphatic rings. The fourth-order valence-electron chi connectivity index (χ4n) is 0.873. The van der Waals surface area contributed by atoms with Gasteiger partial charge in [0.15, 0.2) is 0 Å². The number of hydrogen-bond acceptors (Lipinski definition) is 2. The number of rotatable bonds is 3. The van der Waals surface area contributed by atoms with E-state index in [-0.39, 0.29) is 0 Å². The summed E-state index contributed by atoms with van der Waals surface area (Å²) in [6, 6.07) is 7.77. The highest BCUT2D eigenvalue weighted by Gasteiger charge is 1.95. The van der Waals surface area contributed by atoms with E-state index in [0.717, 1.165) is 11.8 Å². The summed E-state index contributed by atoms with van der Waals surface area (Å²) in [6.45, 7) is 3.62. The fourth-order valence-corrected chi connectivity index (χ4v) is 1.28. The number of allylic oxidation sites excluding steroid dienone is 1. The average molecular weight is 178 g/mol. The zero-order valence-electron chi connectivity index (χ0n) is 6.91. The van der Waals surface area contributed by atoms with Crippen LogP contribution in [-0.4, -0.2) is 12.5 Å². The Morgan fingerprint density at radius 2 is 2.00 bits per heavy atom. The number of aldehydes is 1. The zero-order valence-corrected chi connectivity index (χ0v) is 7.73. The molecule has 2 heteroatoms. The standard InChI is InChI=1S/C10H10OS/c1-8(7-11)9-3-5-10(12-2)6-4-9/h3-7H,1H2,2H3. The Morgan fingerprint density at radius 1 is 1.42 bits per heavy atom. The first kappa shape index (κ1) is 9.07. The highest BCUT2D eigenvalue weighted by Crippen LogP contribution is 2.17. The van der Waals surface area contributed by atoms with Crippen molar-refractivity contribution >= 4 is 23.6 Å². The van der Waals surface area contributed by atoms with Crippen molar-refractivity contribution < 1.29 is 4.79 Å². The van der Waals surface area contributed by atoms with Crippen molar-refractivity contribution in [1.82, 2.24) is 0 Å². The maximum Gasteiger partial charge on any atom is 0.150 e. The summed E-state index contributed by atoms with van der Waals surface area (Å²) in [5.41, 5.74) is 1.42. The van der Waals surface area contributed by atoms with E-state index < -0.39 is 0 Å². The van der Waals surface area contributed by atoms with Crippen LogP contribution in [0.5, 0.6) is 0 Å². The molecule has 1 rings (SSSR count). The molecule has 62 valence electrons. The van der Waals surface area contributed by atoms with Gasteiger partial charge in [-0.2, -0.15) is 0 Å². The smallest absolute Gasteiger partial charge is 0.150 e. The summed E-state index contributed by atoms with van der Waals surface area (Å²) >= 11 is 1.68. The molecule has 0 unspecified atom stereocenters. The molecule has 12 heavy (non-hydrogen) atoms. The normalized spacial score (nSPS) is 9.42. The van der Waals surface area contributed by atoms with Gasteiger partial charge in [-0.15, -0.1) is 11.8 Å². The van der Waals surface area contributed by atoms with Gasteiger partial charge in [0.1, 0.15) is 6.29 Å². The Balaban J connectivity index is 2.91. The zero-order chi connectivity index (χ0) is 8.97. The second kappa shape index (κ2) is 4.12. The van der Waals surface area contributed by atoms with E-state index in [1.807, 2.05) is 30.5 Å². The lowest BCUT2D eigenvalue weighted by atomic mass is 10.1. The van der Waals surface area contributed by atoms with E-state index in [9.17, 15) is 4.79 Å². The van der Waals surface area contributed by atoms with Gasteiger partial charge in [-0.25, -0.2) is 0 Å². The molecule has 1 aromatic carbocycles.